The van der Waals surface area contributed by atoms with Crippen molar-refractivity contribution in [1.29, 1.82) is 0 Å². The third-order valence-electron chi connectivity index (χ3n) is 3.31. The summed E-state index contributed by atoms with van der Waals surface area (Å²) in [6, 6.07) is 13.1. The molecule has 0 heterocycles. The Hall–Kier alpha value is -3.15. The van der Waals surface area contributed by atoms with Gasteiger partial charge in [-0.25, -0.2) is 9.59 Å². The van der Waals surface area contributed by atoms with Crippen LogP contribution in [0, 0.1) is 0 Å². The number of carboxylic acids is 2. The van der Waals surface area contributed by atoms with Crippen LogP contribution in [0.25, 0.3) is 0 Å². The van der Waals surface area contributed by atoms with Crippen molar-refractivity contribution in [2.24, 2.45) is 0 Å². The Kier molecular flexibility index (Phi) is 5.09. The summed E-state index contributed by atoms with van der Waals surface area (Å²) in [5.41, 5.74) is 0.707. The number of carboxylic acid groups (broad SMARTS) is 2. The highest BCUT2D eigenvalue weighted by Crippen LogP contribution is 2.12. The van der Waals surface area contributed by atoms with Gasteiger partial charge < -0.3 is 15.5 Å². The molecule has 0 fully saturated rings. The molecule has 1 amide bonds. The lowest BCUT2D eigenvalue weighted by Gasteiger charge is -2.16. The first-order valence-corrected chi connectivity index (χ1v) is 6.89. The van der Waals surface area contributed by atoms with Crippen molar-refractivity contribution in [2.75, 3.05) is 0 Å². The SMILES string of the molecule is O=C(NC(Cc1ccccc1C(=O)O)C(=O)O)c1ccccc1. The van der Waals surface area contributed by atoms with E-state index in [0.29, 0.717) is 11.1 Å². The first-order valence-electron chi connectivity index (χ1n) is 6.89. The van der Waals surface area contributed by atoms with Crippen LogP contribution in [0.5, 0.6) is 0 Å². The van der Waals surface area contributed by atoms with Crippen molar-refractivity contribution in [2.45, 2.75) is 12.5 Å². The van der Waals surface area contributed by atoms with E-state index >= 15 is 0 Å². The van der Waals surface area contributed by atoms with Gasteiger partial charge in [-0.2, -0.15) is 0 Å². The molecule has 0 saturated heterocycles. The second-order valence-corrected chi connectivity index (χ2v) is 4.90. The molecule has 0 bridgehead atoms. The summed E-state index contributed by atoms with van der Waals surface area (Å²) in [7, 11) is 0. The van der Waals surface area contributed by atoms with E-state index in [1.54, 1.807) is 42.5 Å². The maximum atomic E-state index is 12.1. The quantitative estimate of drug-likeness (QED) is 0.754. The van der Waals surface area contributed by atoms with E-state index in [0.717, 1.165) is 0 Å². The van der Waals surface area contributed by atoms with Crippen LogP contribution in [-0.4, -0.2) is 34.1 Å². The Balaban J connectivity index is 2.19. The molecule has 0 aromatic heterocycles. The number of benzene rings is 2. The second-order valence-electron chi connectivity index (χ2n) is 4.90. The summed E-state index contributed by atoms with van der Waals surface area (Å²) in [5, 5.41) is 20.9. The minimum atomic E-state index is -1.23. The number of aliphatic carboxylic acids is 1. The molecule has 1 atom stereocenters. The van der Waals surface area contributed by atoms with Crippen molar-refractivity contribution in [3.63, 3.8) is 0 Å². The highest BCUT2D eigenvalue weighted by molar-refractivity contribution is 5.96. The van der Waals surface area contributed by atoms with Gasteiger partial charge in [0.2, 0.25) is 0 Å². The normalized spacial score (nSPS) is 11.5. The zero-order valence-corrected chi connectivity index (χ0v) is 12.1. The third-order valence-corrected chi connectivity index (χ3v) is 3.31. The number of aromatic carboxylic acids is 1. The van der Waals surface area contributed by atoms with E-state index in [4.69, 9.17) is 5.11 Å². The zero-order valence-electron chi connectivity index (χ0n) is 12.1. The van der Waals surface area contributed by atoms with Crippen LogP contribution in [0.15, 0.2) is 54.6 Å². The van der Waals surface area contributed by atoms with E-state index in [-0.39, 0.29) is 12.0 Å². The molecule has 6 heteroatoms. The van der Waals surface area contributed by atoms with Crippen molar-refractivity contribution in [3.05, 3.63) is 71.3 Å². The fourth-order valence-electron chi connectivity index (χ4n) is 2.16. The maximum Gasteiger partial charge on any atom is 0.335 e. The fraction of sp³-hybridized carbons (Fsp3) is 0.118. The van der Waals surface area contributed by atoms with Crippen LogP contribution in [-0.2, 0) is 11.2 Å². The van der Waals surface area contributed by atoms with E-state index in [2.05, 4.69) is 5.32 Å². The molecule has 2 rings (SSSR count). The number of amides is 1. The minimum Gasteiger partial charge on any atom is -0.480 e. The van der Waals surface area contributed by atoms with Gasteiger partial charge in [-0.3, -0.25) is 4.79 Å². The zero-order chi connectivity index (χ0) is 16.8. The van der Waals surface area contributed by atoms with Crippen LogP contribution in [0.4, 0.5) is 0 Å². The average Bonchev–Trinajstić information content (AvgIpc) is 2.55. The summed E-state index contributed by atoms with van der Waals surface area (Å²) in [4.78, 5) is 34.6. The molecule has 0 saturated carbocycles. The molecule has 118 valence electrons. The van der Waals surface area contributed by atoms with Gasteiger partial charge in [0.1, 0.15) is 6.04 Å². The molecule has 0 radical (unpaired) electrons. The fourth-order valence-corrected chi connectivity index (χ4v) is 2.16. The van der Waals surface area contributed by atoms with E-state index < -0.39 is 23.9 Å². The summed E-state index contributed by atoms with van der Waals surface area (Å²) >= 11 is 0. The summed E-state index contributed by atoms with van der Waals surface area (Å²) in [5.74, 6) is -2.89. The molecule has 0 aliphatic rings. The lowest BCUT2D eigenvalue weighted by molar-refractivity contribution is -0.139. The lowest BCUT2D eigenvalue weighted by Crippen LogP contribution is -2.42. The Morgan fingerprint density at radius 2 is 1.52 bits per heavy atom. The second kappa shape index (κ2) is 7.22. The Morgan fingerprint density at radius 3 is 2.13 bits per heavy atom. The van der Waals surface area contributed by atoms with Gasteiger partial charge in [-0.15, -0.1) is 0 Å². The molecule has 3 N–H and O–H groups in total. The summed E-state index contributed by atoms with van der Waals surface area (Å²) in [6.45, 7) is 0. The van der Waals surface area contributed by atoms with Crippen molar-refractivity contribution >= 4 is 17.8 Å². The van der Waals surface area contributed by atoms with Crippen LogP contribution < -0.4 is 5.32 Å². The molecule has 1 unspecified atom stereocenters. The number of hydrogen-bond acceptors (Lipinski definition) is 3. The topological polar surface area (TPSA) is 104 Å². The van der Waals surface area contributed by atoms with Crippen LogP contribution in [0.1, 0.15) is 26.3 Å². The maximum absolute atomic E-state index is 12.1. The number of hydrogen-bond donors (Lipinski definition) is 3. The van der Waals surface area contributed by atoms with Gasteiger partial charge in [0.15, 0.2) is 0 Å². The van der Waals surface area contributed by atoms with Crippen LogP contribution in [0.3, 0.4) is 0 Å². The van der Waals surface area contributed by atoms with Crippen molar-refractivity contribution < 1.29 is 24.6 Å². The predicted octanol–water partition coefficient (Wildman–Crippen LogP) is 1.81. The molecule has 0 spiro atoms. The molecule has 23 heavy (non-hydrogen) atoms. The van der Waals surface area contributed by atoms with Crippen molar-refractivity contribution in [3.8, 4) is 0 Å². The highest BCUT2D eigenvalue weighted by Gasteiger charge is 2.23. The van der Waals surface area contributed by atoms with E-state index in [1.807, 2.05) is 0 Å². The van der Waals surface area contributed by atoms with Crippen LogP contribution >= 0.6 is 0 Å². The summed E-state index contributed by atoms with van der Waals surface area (Å²) < 4.78 is 0. The number of nitrogens with one attached hydrogen (secondary N) is 1. The smallest absolute Gasteiger partial charge is 0.335 e. The van der Waals surface area contributed by atoms with Gasteiger partial charge in [0.05, 0.1) is 5.56 Å². The Morgan fingerprint density at radius 1 is 0.913 bits per heavy atom. The molecular weight excluding hydrogens is 298 g/mol. The van der Waals surface area contributed by atoms with Gasteiger partial charge in [-0.05, 0) is 23.8 Å². The Labute approximate surface area is 132 Å². The minimum absolute atomic E-state index is 0.0210. The molecule has 2 aromatic carbocycles. The van der Waals surface area contributed by atoms with Gasteiger partial charge in [-0.1, -0.05) is 36.4 Å². The molecule has 6 nitrogen and oxygen atoms in total. The largest absolute Gasteiger partial charge is 0.480 e. The van der Waals surface area contributed by atoms with Crippen molar-refractivity contribution in [1.82, 2.24) is 5.32 Å². The molecule has 0 aliphatic carbocycles. The number of rotatable bonds is 6. The van der Waals surface area contributed by atoms with Crippen LogP contribution in [0.2, 0.25) is 0 Å². The molecule has 0 aliphatic heterocycles. The third kappa shape index (κ3) is 4.16. The number of carbonyl (C=O) groups excluding carboxylic acids is 1. The van der Waals surface area contributed by atoms with Gasteiger partial charge in [0, 0.05) is 12.0 Å². The monoisotopic (exact) mass is 313 g/mol. The molecule has 2 aromatic rings. The number of carbonyl (C=O) groups is 3. The van der Waals surface area contributed by atoms with E-state index in [1.165, 1.54) is 12.1 Å². The lowest BCUT2D eigenvalue weighted by atomic mass is 10.00. The Bertz CT molecular complexity index is 727. The average molecular weight is 313 g/mol. The predicted molar refractivity (Wildman–Crippen MR) is 82.4 cm³/mol. The first-order chi connectivity index (χ1) is 11.0. The van der Waals surface area contributed by atoms with Gasteiger partial charge >= 0.3 is 11.9 Å². The first kappa shape index (κ1) is 16.2. The van der Waals surface area contributed by atoms with E-state index in [9.17, 15) is 19.5 Å². The molecular formula is C17H15NO5. The van der Waals surface area contributed by atoms with Gasteiger partial charge in [0.25, 0.3) is 5.91 Å². The highest BCUT2D eigenvalue weighted by atomic mass is 16.4. The standard InChI is InChI=1S/C17H15NO5/c19-15(11-6-2-1-3-7-11)18-14(17(22)23)10-12-8-4-5-9-13(12)16(20)21/h1-9,14H,10H2,(H,18,19)(H,20,21)(H,22,23). The summed E-state index contributed by atoms with van der Waals surface area (Å²) in [6.07, 6.45) is -0.115.